The zero-order valence-electron chi connectivity index (χ0n) is 14.9. The van der Waals surface area contributed by atoms with Crippen molar-refractivity contribution in [1.82, 2.24) is 0 Å². The van der Waals surface area contributed by atoms with Crippen molar-refractivity contribution in [2.75, 3.05) is 9.62 Å². The summed E-state index contributed by atoms with van der Waals surface area (Å²) in [6, 6.07) is 19.2. The number of amides is 2. The highest BCUT2D eigenvalue weighted by Crippen LogP contribution is 2.29. The lowest BCUT2D eigenvalue weighted by atomic mass is 10.1. The monoisotopic (exact) mass is 392 g/mol. The number of sulfonamides is 1. The van der Waals surface area contributed by atoms with E-state index in [1.807, 2.05) is 19.1 Å². The third-order valence-corrected chi connectivity index (χ3v) is 5.90. The van der Waals surface area contributed by atoms with Crippen LogP contribution in [0.25, 0.3) is 0 Å². The van der Waals surface area contributed by atoms with E-state index in [9.17, 15) is 18.0 Å². The number of aryl methyl sites for hydroxylation is 1. The summed E-state index contributed by atoms with van der Waals surface area (Å²) in [6.07, 6.45) is 0. The van der Waals surface area contributed by atoms with E-state index in [1.165, 1.54) is 24.3 Å². The summed E-state index contributed by atoms with van der Waals surface area (Å²) in [7, 11) is -3.79. The van der Waals surface area contributed by atoms with Crippen molar-refractivity contribution in [3.8, 4) is 0 Å². The first-order valence-electron chi connectivity index (χ1n) is 8.54. The van der Waals surface area contributed by atoms with Crippen molar-refractivity contribution in [3.05, 3.63) is 89.5 Å². The zero-order chi connectivity index (χ0) is 19.9. The van der Waals surface area contributed by atoms with Crippen LogP contribution in [-0.4, -0.2) is 20.2 Å². The van der Waals surface area contributed by atoms with Gasteiger partial charge < -0.3 is 0 Å². The Bertz CT molecular complexity index is 1150. The Balaban J connectivity index is 1.60. The molecule has 7 heteroatoms. The number of rotatable bonds is 4. The molecule has 0 aromatic heterocycles. The fourth-order valence-corrected chi connectivity index (χ4v) is 4.09. The van der Waals surface area contributed by atoms with Gasteiger partial charge in [0.15, 0.2) is 0 Å². The van der Waals surface area contributed by atoms with Gasteiger partial charge in [-0.05, 0) is 55.5 Å². The molecular formula is C21H16N2O4S. The van der Waals surface area contributed by atoms with Crippen LogP contribution in [0, 0.1) is 6.92 Å². The van der Waals surface area contributed by atoms with Crippen LogP contribution in [0.3, 0.4) is 0 Å². The van der Waals surface area contributed by atoms with Crippen LogP contribution in [0.4, 0.5) is 11.4 Å². The van der Waals surface area contributed by atoms with E-state index in [4.69, 9.17) is 0 Å². The maximum Gasteiger partial charge on any atom is 0.266 e. The number of hydrogen-bond donors (Lipinski definition) is 1. The maximum absolute atomic E-state index is 12.6. The van der Waals surface area contributed by atoms with E-state index < -0.39 is 21.8 Å². The summed E-state index contributed by atoms with van der Waals surface area (Å²) in [5.41, 5.74) is 2.47. The Kier molecular flexibility index (Phi) is 4.24. The van der Waals surface area contributed by atoms with Crippen LogP contribution < -0.4 is 9.62 Å². The highest BCUT2D eigenvalue weighted by molar-refractivity contribution is 7.92. The van der Waals surface area contributed by atoms with Gasteiger partial charge >= 0.3 is 0 Å². The van der Waals surface area contributed by atoms with E-state index >= 15 is 0 Å². The largest absolute Gasteiger partial charge is 0.280 e. The van der Waals surface area contributed by atoms with Gasteiger partial charge in [0.2, 0.25) is 0 Å². The molecule has 1 heterocycles. The minimum atomic E-state index is -3.79. The van der Waals surface area contributed by atoms with Crippen LogP contribution in [-0.2, 0) is 10.0 Å². The van der Waals surface area contributed by atoms with Crippen molar-refractivity contribution in [2.24, 2.45) is 0 Å². The molecule has 3 aromatic rings. The van der Waals surface area contributed by atoms with E-state index in [0.29, 0.717) is 22.5 Å². The molecule has 28 heavy (non-hydrogen) atoms. The third-order valence-electron chi connectivity index (χ3n) is 4.50. The Morgan fingerprint density at radius 3 is 1.82 bits per heavy atom. The first-order chi connectivity index (χ1) is 13.4. The summed E-state index contributed by atoms with van der Waals surface area (Å²) in [6.45, 7) is 1.91. The third kappa shape index (κ3) is 3.05. The van der Waals surface area contributed by atoms with Gasteiger partial charge in [-0.15, -0.1) is 0 Å². The molecule has 1 N–H and O–H groups in total. The summed E-state index contributed by atoms with van der Waals surface area (Å²) in [5, 5.41) is 0. The van der Waals surface area contributed by atoms with Crippen molar-refractivity contribution >= 4 is 33.2 Å². The summed E-state index contributed by atoms with van der Waals surface area (Å²) < 4.78 is 27.6. The second-order valence-electron chi connectivity index (χ2n) is 6.46. The summed E-state index contributed by atoms with van der Waals surface area (Å²) in [5.74, 6) is -0.844. The molecule has 1 aliphatic heterocycles. The summed E-state index contributed by atoms with van der Waals surface area (Å²) >= 11 is 0. The Labute approximate surface area is 162 Å². The zero-order valence-corrected chi connectivity index (χ0v) is 15.7. The molecule has 2 amide bonds. The van der Waals surface area contributed by atoms with Gasteiger partial charge in [0.1, 0.15) is 0 Å². The van der Waals surface area contributed by atoms with Gasteiger partial charge in [-0.3, -0.25) is 14.3 Å². The van der Waals surface area contributed by atoms with Crippen molar-refractivity contribution < 1.29 is 18.0 Å². The smallest absolute Gasteiger partial charge is 0.266 e. The molecule has 140 valence electrons. The van der Waals surface area contributed by atoms with Crippen LogP contribution in [0.15, 0.2) is 77.7 Å². The highest BCUT2D eigenvalue weighted by Gasteiger charge is 2.36. The van der Waals surface area contributed by atoms with Gasteiger partial charge in [-0.25, -0.2) is 13.3 Å². The number of hydrogen-bond acceptors (Lipinski definition) is 4. The average molecular weight is 392 g/mol. The molecule has 0 bridgehead atoms. The fourth-order valence-electron chi connectivity index (χ4n) is 3.03. The van der Waals surface area contributed by atoms with Crippen LogP contribution >= 0.6 is 0 Å². The molecule has 0 fully saturated rings. The number of carbonyl (C=O) groups excluding carboxylic acids is 2. The first kappa shape index (κ1) is 17.9. The SMILES string of the molecule is Cc1ccc(NS(=O)(=O)c2ccc(N3C(=O)c4ccccc4C3=O)cc2)cc1. The number of fused-ring (bicyclic) bond motifs is 1. The molecule has 3 aromatic carbocycles. The second kappa shape index (κ2) is 6.61. The summed E-state index contributed by atoms with van der Waals surface area (Å²) in [4.78, 5) is 26.2. The molecule has 0 spiro atoms. The number of carbonyl (C=O) groups is 2. The molecule has 1 aliphatic rings. The van der Waals surface area contributed by atoms with Gasteiger partial charge in [0, 0.05) is 5.69 Å². The highest BCUT2D eigenvalue weighted by atomic mass is 32.2. The van der Waals surface area contributed by atoms with E-state index in [2.05, 4.69) is 4.72 Å². The molecule has 4 rings (SSSR count). The Morgan fingerprint density at radius 2 is 1.29 bits per heavy atom. The van der Waals surface area contributed by atoms with Gasteiger partial charge in [-0.2, -0.15) is 0 Å². The van der Waals surface area contributed by atoms with Crippen LogP contribution in [0.5, 0.6) is 0 Å². The fraction of sp³-hybridized carbons (Fsp3) is 0.0476. The minimum Gasteiger partial charge on any atom is -0.280 e. The molecule has 6 nitrogen and oxygen atoms in total. The second-order valence-corrected chi connectivity index (χ2v) is 8.14. The van der Waals surface area contributed by atoms with Gasteiger partial charge in [0.05, 0.1) is 21.7 Å². The standard InChI is InChI=1S/C21H16N2O4S/c1-14-6-8-15(9-7-14)22-28(26,27)17-12-10-16(11-13-17)23-20(24)18-4-2-3-5-19(18)21(23)25/h2-13,22H,1H3. The van der Waals surface area contributed by atoms with E-state index in [1.54, 1.807) is 36.4 Å². The molecular weight excluding hydrogens is 376 g/mol. The number of anilines is 2. The molecule has 0 aliphatic carbocycles. The van der Waals surface area contributed by atoms with Crippen molar-refractivity contribution in [3.63, 3.8) is 0 Å². The van der Waals surface area contributed by atoms with E-state index in [-0.39, 0.29) is 4.90 Å². The minimum absolute atomic E-state index is 0.0356. The molecule has 0 saturated heterocycles. The molecule has 0 saturated carbocycles. The number of benzene rings is 3. The predicted octanol–water partition coefficient (Wildman–Crippen LogP) is 3.60. The number of nitrogens with one attached hydrogen (secondary N) is 1. The van der Waals surface area contributed by atoms with Crippen molar-refractivity contribution in [1.29, 1.82) is 0 Å². The van der Waals surface area contributed by atoms with Gasteiger partial charge in [-0.1, -0.05) is 29.8 Å². The van der Waals surface area contributed by atoms with Crippen LogP contribution in [0.2, 0.25) is 0 Å². The lowest BCUT2D eigenvalue weighted by molar-refractivity contribution is 0.0926. The van der Waals surface area contributed by atoms with Crippen LogP contribution in [0.1, 0.15) is 26.3 Å². The normalized spacial score (nSPS) is 13.5. The Morgan fingerprint density at radius 1 is 0.750 bits per heavy atom. The number of imide groups is 1. The number of nitrogens with zero attached hydrogens (tertiary/aromatic N) is 1. The molecule has 0 radical (unpaired) electrons. The average Bonchev–Trinajstić information content (AvgIpc) is 2.95. The maximum atomic E-state index is 12.6. The van der Waals surface area contributed by atoms with Gasteiger partial charge in [0.25, 0.3) is 21.8 Å². The lowest BCUT2D eigenvalue weighted by Gasteiger charge is -2.15. The predicted molar refractivity (Wildman–Crippen MR) is 106 cm³/mol. The topological polar surface area (TPSA) is 83.6 Å². The lowest BCUT2D eigenvalue weighted by Crippen LogP contribution is -2.29. The van der Waals surface area contributed by atoms with Crippen molar-refractivity contribution in [2.45, 2.75) is 11.8 Å². The molecule has 0 atom stereocenters. The Hall–Kier alpha value is -3.45. The quantitative estimate of drug-likeness (QED) is 0.688. The first-order valence-corrected chi connectivity index (χ1v) is 10.0. The molecule has 0 unspecified atom stereocenters. The van der Waals surface area contributed by atoms with E-state index in [0.717, 1.165) is 10.5 Å².